The van der Waals surface area contributed by atoms with Crippen LogP contribution in [0.25, 0.3) is 0 Å². The maximum atomic E-state index is 9.09. The summed E-state index contributed by atoms with van der Waals surface area (Å²) in [6.45, 7) is 12.0. The van der Waals surface area contributed by atoms with Crippen molar-refractivity contribution in [1.29, 1.82) is 0 Å². The van der Waals surface area contributed by atoms with Gasteiger partial charge in [-0.3, -0.25) is 0 Å². The Hall–Kier alpha value is -1.71. The maximum Gasteiger partial charge on any atom is 0.229 e. The molecule has 0 aliphatic carbocycles. The van der Waals surface area contributed by atoms with E-state index >= 15 is 0 Å². The molecule has 29 heavy (non-hydrogen) atoms. The summed E-state index contributed by atoms with van der Waals surface area (Å²) in [5, 5.41) is 31.5. The highest BCUT2D eigenvalue weighted by atomic mass is 16.3. The van der Waals surface area contributed by atoms with Gasteiger partial charge >= 0.3 is 0 Å². The van der Waals surface area contributed by atoms with Crippen molar-refractivity contribution >= 4 is 17.8 Å². The van der Waals surface area contributed by atoms with Gasteiger partial charge in [0.2, 0.25) is 17.8 Å². The van der Waals surface area contributed by atoms with Crippen LogP contribution in [0.2, 0.25) is 0 Å². The molecule has 0 saturated carbocycles. The highest BCUT2D eigenvalue weighted by Crippen LogP contribution is 2.36. The van der Waals surface area contributed by atoms with Crippen molar-refractivity contribution in [3.63, 3.8) is 0 Å². The van der Waals surface area contributed by atoms with E-state index in [1.807, 2.05) is 0 Å². The lowest BCUT2D eigenvalue weighted by Crippen LogP contribution is -2.59. The lowest BCUT2D eigenvalue weighted by Gasteiger charge is -2.48. The number of piperidine rings is 1. The number of rotatable bonds is 11. The van der Waals surface area contributed by atoms with E-state index in [4.69, 9.17) is 10.2 Å². The molecule has 6 N–H and O–H groups in total. The van der Waals surface area contributed by atoms with Gasteiger partial charge in [0, 0.05) is 30.2 Å². The summed E-state index contributed by atoms with van der Waals surface area (Å²) in [5.74, 6) is 1.80. The van der Waals surface area contributed by atoms with E-state index in [0.29, 0.717) is 36.9 Å². The molecule has 2 heterocycles. The molecule has 1 aromatic heterocycles. The van der Waals surface area contributed by atoms with Crippen molar-refractivity contribution in [1.82, 2.24) is 20.3 Å². The summed E-state index contributed by atoms with van der Waals surface area (Å²) in [5.41, 5.74) is 0.141. The van der Waals surface area contributed by atoms with E-state index < -0.39 is 0 Å². The molecule has 0 amide bonds. The van der Waals surface area contributed by atoms with Crippen LogP contribution in [0.15, 0.2) is 0 Å². The first-order valence-corrected chi connectivity index (χ1v) is 10.7. The molecule has 1 saturated heterocycles. The average molecular weight is 410 g/mol. The SMILES string of the molecule is CCCC(Nc1nc(NCCO)nc(NCCO)n1)C1CC(C)(C)NC(C)(C)C1. The fraction of sp³-hybridized carbons (Fsp3) is 0.850. The number of anilines is 3. The first-order chi connectivity index (χ1) is 13.7. The second-order valence-corrected chi connectivity index (χ2v) is 9.21. The van der Waals surface area contributed by atoms with Crippen LogP contribution in [0.1, 0.15) is 60.3 Å². The lowest BCUT2D eigenvalue weighted by molar-refractivity contribution is 0.115. The van der Waals surface area contributed by atoms with E-state index in [9.17, 15) is 0 Å². The highest BCUT2D eigenvalue weighted by Gasteiger charge is 2.40. The Morgan fingerprint density at radius 2 is 1.41 bits per heavy atom. The standard InChI is InChI=1S/C20H39N7O2/c1-6-7-15(14-12-19(2,3)27-20(4,5)13-14)23-18-25-16(21-8-10-28)24-17(26-18)22-9-11-29/h14-15,27-29H,6-13H2,1-5H3,(H3,21,22,23,24,25,26). The third-order valence-corrected chi connectivity index (χ3v) is 5.13. The Morgan fingerprint density at radius 3 is 1.86 bits per heavy atom. The van der Waals surface area contributed by atoms with Gasteiger partial charge in [-0.2, -0.15) is 15.0 Å². The highest BCUT2D eigenvalue weighted by molar-refractivity contribution is 5.42. The fourth-order valence-corrected chi connectivity index (χ4v) is 4.52. The number of aliphatic hydroxyl groups is 2. The molecule has 1 fully saturated rings. The monoisotopic (exact) mass is 409 g/mol. The molecule has 9 nitrogen and oxygen atoms in total. The zero-order chi connectivity index (χ0) is 21.5. The van der Waals surface area contributed by atoms with Crippen molar-refractivity contribution in [2.45, 2.75) is 77.4 Å². The van der Waals surface area contributed by atoms with Gasteiger partial charge in [-0.05, 0) is 52.9 Å². The average Bonchev–Trinajstić information content (AvgIpc) is 2.61. The summed E-state index contributed by atoms with van der Waals surface area (Å²) in [4.78, 5) is 13.3. The van der Waals surface area contributed by atoms with Gasteiger partial charge in [0.15, 0.2) is 0 Å². The first kappa shape index (κ1) is 23.6. The number of nitrogens with one attached hydrogen (secondary N) is 4. The van der Waals surface area contributed by atoms with Crippen LogP contribution in [0.4, 0.5) is 17.8 Å². The molecule has 166 valence electrons. The van der Waals surface area contributed by atoms with Gasteiger partial charge in [0.1, 0.15) is 0 Å². The van der Waals surface area contributed by atoms with Crippen molar-refractivity contribution in [3.8, 4) is 0 Å². The summed E-state index contributed by atoms with van der Waals surface area (Å²) in [6.07, 6.45) is 4.24. The van der Waals surface area contributed by atoms with E-state index in [0.717, 1.165) is 25.7 Å². The molecule has 1 atom stereocenters. The summed E-state index contributed by atoms with van der Waals surface area (Å²) < 4.78 is 0. The summed E-state index contributed by atoms with van der Waals surface area (Å²) in [6, 6.07) is 0.249. The number of hydrogen-bond acceptors (Lipinski definition) is 9. The Morgan fingerprint density at radius 1 is 0.931 bits per heavy atom. The Kier molecular flexibility index (Phi) is 8.42. The lowest BCUT2D eigenvalue weighted by atomic mass is 9.72. The molecule has 1 aromatic rings. The molecule has 2 rings (SSSR count). The largest absolute Gasteiger partial charge is 0.395 e. The number of nitrogens with zero attached hydrogens (tertiary/aromatic N) is 3. The van der Waals surface area contributed by atoms with Crippen molar-refractivity contribution in [2.24, 2.45) is 5.92 Å². The molecular weight excluding hydrogens is 370 g/mol. The van der Waals surface area contributed by atoms with Gasteiger partial charge in [0.05, 0.1) is 13.2 Å². The van der Waals surface area contributed by atoms with E-state index in [1.54, 1.807) is 0 Å². The molecule has 1 unspecified atom stereocenters. The van der Waals surface area contributed by atoms with Crippen LogP contribution in [0.3, 0.4) is 0 Å². The molecule has 0 bridgehead atoms. The van der Waals surface area contributed by atoms with Gasteiger partial charge in [-0.1, -0.05) is 13.3 Å². The Bertz CT molecular complexity index is 597. The number of hydrogen-bond donors (Lipinski definition) is 6. The van der Waals surface area contributed by atoms with Gasteiger partial charge in [0.25, 0.3) is 0 Å². The van der Waals surface area contributed by atoms with E-state index in [2.05, 4.69) is 70.8 Å². The van der Waals surface area contributed by atoms with Gasteiger partial charge in [-0.15, -0.1) is 0 Å². The van der Waals surface area contributed by atoms with E-state index in [1.165, 1.54) is 0 Å². The summed E-state index contributed by atoms with van der Waals surface area (Å²) in [7, 11) is 0. The molecule has 1 aliphatic heterocycles. The predicted molar refractivity (Wildman–Crippen MR) is 117 cm³/mol. The zero-order valence-electron chi connectivity index (χ0n) is 18.5. The molecule has 0 aromatic carbocycles. The van der Waals surface area contributed by atoms with E-state index in [-0.39, 0.29) is 30.3 Å². The summed E-state index contributed by atoms with van der Waals surface area (Å²) >= 11 is 0. The van der Waals surface area contributed by atoms with Crippen molar-refractivity contribution in [2.75, 3.05) is 42.3 Å². The smallest absolute Gasteiger partial charge is 0.229 e. The Labute approximate surface area is 174 Å². The molecule has 9 heteroatoms. The minimum absolute atomic E-state index is 0.00839. The molecule has 1 aliphatic rings. The molecule has 0 spiro atoms. The second kappa shape index (κ2) is 10.4. The molecule has 0 radical (unpaired) electrons. The normalized spacial score (nSPS) is 19.6. The zero-order valence-corrected chi connectivity index (χ0v) is 18.5. The number of aliphatic hydroxyl groups excluding tert-OH is 2. The van der Waals surface area contributed by atoms with Gasteiger partial charge in [-0.25, -0.2) is 0 Å². The predicted octanol–water partition coefficient (Wildman–Crippen LogP) is 1.82. The van der Waals surface area contributed by atoms with Crippen molar-refractivity contribution in [3.05, 3.63) is 0 Å². The minimum Gasteiger partial charge on any atom is -0.395 e. The molecular formula is C20H39N7O2. The van der Waals surface area contributed by atoms with Crippen LogP contribution in [-0.4, -0.2) is 68.6 Å². The maximum absolute atomic E-state index is 9.09. The van der Waals surface area contributed by atoms with Crippen LogP contribution in [0, 0.1) is 5.92 Å². The fourth-order valence-electron chi connectivity index (χ4n) is 4.52. The van der Waals surface area contributed by atoms with Crippen molar-refractivity contribution < 1.29 is 10.2 Å². The third-order valence-electron chi connectivity index (χ3n) is 5.13. The van der Waals surface area contributed by atoms with Crippen LogP contribution in [-0.2, 0) is 0 Å². The minimum atomic E-state index is -0.00839. The van der Waals surface area contributed by atoms with Crippen LogP contribution >= 0.6 is 0 Å². The van der Waals surface area contributed by atoms with Gasteiger partial charge < -0.3 is 31.5 Å². The third kappa shape index (κ3) is 7.56. The van der Waals surface area contributed by atoms with Crippen LogP contribution in [0.5, 0.6) is 0 Å². The van der Waals surface area contributed by atoms with Crippen LogP contribution < -0.4 is 21.3 Å². The second-order valence-electron chi connectivity index (χ2n) is 9.21. The quantitative estimate of drug-likeness (QED) is 0.324. The topological polar surface area (TPSA) is 127 Å². The number of aromatic nitrogens is 3. The Balaban J connectivity index is 2.23. The first-order valence-electron chi connectivity index (χ1n) is 10.7.